The van der Waals surface area contributed by atoms with Gasteiger partial charge in [-0.2, -0.15) is 4.98 Å². The Kier molecular flexibility index (Phi) is 6.10. The fraction of sp³-hybridized carbons (Fsp3) is 0.263. The van der Waals surface area contributed by atoms with Gasteiger partial charge in [0.25, 0.3) is 0 Å². The number of halogens is 1. The molecule has 0 fully saturated rings. The molecule has 1 aliphatic carbocycles. The lowest BCUT2D eigenvalue weighted by Crippen LogP contribution is -2.21. The maximum atomic E-state index is 12.3. The molecule has 1 aliphatic rings. The summed E-state index contributed by atoms with van der Waals surface area (Å²) in [5.74, 6) is 0.0167. The first-order valence-corrected chi connectivity index (χ1v) is 9.05. The van der Waals surface area contributed by atoms with Crippen LogP contribution in [0.5, 0.6) is 0 Å². The first kappa shape index (κ1) is 19.6. The lowest BCUT2D eigenvalue weighted by molar-refractivity contribution is -0.119. The zero-order valence-corrected chi connectivity index (χ0v) is 16.2. The van der Waals surface area contributed by atoms with Crippen LogP contribution in [0, 0.1) is 5.92 Å². The van der Waals surface area contributed by atoms with Crippen molar-refractivity contribution in [3.05, 3.63) is 47.1 Å². The second-order valence-corrected chi connectivity index (χ2v) is 6.58. The fourth-order valence-corrected chi connectivity index (χ4v) is 2.99. The SMILES string of the molecule is CNc1nc(Nc2cc(Cl)ccc2C(=O)OC)ncc1NC(=O)C1CC=CC1. The van der Waals surface area contributed by atoms with Crippen molar-refractivity contribution in [1.82, 2.24) is 9.97 Å². The predicted octanol–water partition coefficient (Wildman–Crippen LogP) is 3.61. The van der Waals surface area contributed by atoms with E-state index in [4.69, 9.17) is 16.3 Å². The summed E-state index contributed by atoms with van der Waals surface area (Å²) in [5, 5.41) is 9.20. The minimum absolute atomic E-state index is 0.0726. The Hall–Kier alpha value is -3.13. The highest BCUT2D eigenvalue weighted by molar-refractivity contribution is 6.31. The van der Waals surface area contributed by atoms with Crippen LogP contribution in [0.1, 0.15) is 23.2 Å². The minimum Gasteiger partial charge on any atom is -0.465 e. The van der Waals surface area contributed by atoms with Gasteiger partial charge in [0.05, 0.1) is 24.6 Å². The van der Waals surface area contributed by atoms with Crippen LogP contribution in [0.4, 0.5) is 23.1 Å². The zero-order valence-electron chi connectivity index (χ0n) is 15.5. The van der Waals surface area contributed by atoms with Gasteiger partial charge >= 0.3 is 5.97 Å². The van der Waals surface area contributed by atoms with Crippen molar-refractivity contribution in [2.45, 2.75) is 12.8 Å². The van der Waals surface area contributed by atoms with Gasteiger partial charge in [-0.15, -0.1) is 0 Å². The number of benzene rings is 1. The summed E-state index contributed by atoms with van der Waals surface area (Å²) in [6, 6.07) is 4.73. The van der Waals surface area contributed by atoms with E-state index in [0.29, 0.717) is 27.8 Å². The molecule has 0 saturated carbocycles. The minimum atomic E-state index is -0.512. The number of methoxy groups -OCH3 is 1. The second kappa shape index (κ2) is 8.71. The van der Waals surface area contributed by atoms with Crippen LogP contribution in [0.25, 0.3) is 0 Å². The lowest BCUT2D eigenvalue weighted by Gasteiger charge is -2.15. The Morgan fingerprint density at radius 3 is 2.64 bits per heavy atom. The van der Waals surface area contributed by atoms with Crippen LogP contribution in [0.2, 0.25) is 5.02 Å². The highest BCUT2D eigenvalue weighted by Gasteiger charge is 2.21. The molecular weight excluding hydrogens is 382 g/mol. The number of nitrogens with one attached hydrogen (secondary N) is 3. The third-order valence-electron chi connectivity index (χ3n) is 4.30. The first-order chi connectivity index (χ1) is 13.5. The number of carbonyl (C=O) groups excluding carboxylic acids is 2. The van der Waals surface area contributed by atoms with Crippen molar-refractivity contribution in [2.75, 3.05) is 30.1 Å². The van der Waals surface area contributed by atoms with Crippen molar-refractivity contribution < 1.29 is 14.3 Å². The van der Waals surface area contributed by atoms with E-state index in [1.54, 1.807) is 25.2 Å². The topological polar surface area (TPSA) is 105 Å². The average Bonchev–Trinajstić information content (AvgIpc) is 3.23. The zero-order chi connectivity index (χ0) is 20.1. The molecule has 1 heterocycles. The first-order valence-electron chi connectivity index (χ1n) is 8.67. The molecule has 0 radical (unpaired) electrons. The maximum absolute atomic E-state index is 12.3. The second-order valence-electron chi connectivity index (χ2n) is 6.14. The van der Waals surface area contributed by atoms with Crippen LogP contribution in [0.3, 0.4) is 0 Å². The average molecular weight is 402 g/mol. The number of hydrogen-bond acceptors (Lipinski definition) is 7. The van der Waals surface area contributed by atoms with E-state index in [9.17, 15) is 9.59 Å². The summed E-state index contributed by atoms with van der Waals surface area (Å²) in [6.07, 6.45) is 6.95. The van der Waals surface area contributed by atoms with E-state index in [-0.39, 0.29) is 17.8 Å². The number of amides is 1. The molecule has 8 nitrogen and oxygen atoms in total. The Balaban J connectivity index is 1.82. The molecule has 3 N–H and O–H groups in total. The van der Waals surface area contributed by atoms with Crippen LogP contribution >= 0.6 is 11.6 Å². The molecule has 1 aromatic heterocycles. The molecule has 0 bridgehead atoms. The number of hydrogen-bond donors (Lipinski definition) is 3. The number of aromatic nitrogens is 2. The van der Waals surface area contributed by atoms with E-state index in [1.165, 1.54) is 13.3 Å². The Morgan fingerprint density at radius 1 is 1.21 bits per heavy atom. The van der Waals surface area contributed by atoms with E-state index in [0.717, 1.165) is 12.8 Å². The molecule has 0 unspecified atom stereocenters. The number of nitrogens with zero attached hydrogens (tertiary/aromatic N) is 2. The van der Waals surface area contributed by atoms with E-state index < -0.39 is 5.97 Å². The van der Waals surface area contributed by atoms with Gasteiger partial charge in [0.2, 0.25) is 11.9 Å². The van der Waals surface area contributed by atoms with Crippen molar-refractivity contribution in [2.24, 2.45) is 5.92 Å². The van der Waals surface area contributed by atoms with Crippen LogP contribution in [-0.4, -0.2) is 36.0 Å². The summed E-state index contributed by atoms with van der Waals surface area (Å²) < 4.78 is 4.78. The van der Waals surface area contributed by atoms with Crippen molar-refractivity contribution in [3.63, 3.8) is 0 Å². The van der Waals surface area contributed by atoms with Crippen molar-refractivity contribution in [1.29, 1.82) is 0 Å². The van der Waals surface area contributed by atoms with Gasteiger partial charge in [0, 0.05) is 18.0 Å². The third kappa shape index (κ3) is 4.40. The van der Waals surface area contributed by atoms with E-state index in [1.807, 2.05) is 12.2 Å². The molecule has 3 rings (SSSR count). The summed E-state index contributed by atoms with van der Waals surface area (Å²) in [5.41, 5.74) is 1.19. The van der Waals surface area contributed by atoms with Gasteiger partial charge in [-0.3, -0.25) is 4.79 Å². The van der Waals surface area contributed by atoms with Gasteiger partial charge < -0.3 is 20.7 Å². The van der Waals surface area contributed by atoms with Crippen LogP contribution in [0.15, 0.2) is 36.5 Å². The normalized spacial score (nSPS) is 13.2. The Labute approximate surface area is 167 Å². The molecule has 2 aromatic rings. The number of ether oxygens (including phenoxy) is 1. The highest BCUT2D eigenvalue weighted by atomic mass is 35.5. The van der Waals surface area contributed by atoms with Crippen LogP contribution < -0.4 is 16.0 Å². The third-order valence-corrected chi connectivity index (χ3v) is 4.53. The van der Waals surface area contributed by atoms with Gasteiger partial charge in [-0.1, -0.05) is 23.8 Å². The monoisotopic (exact) mass is 401 g/mol. The smallest absolute Gasteiger partial charge is 0.339 e. The molecule has 28 heavy (non-hydrogen) atoms. The number of anilines is 4. The van der Waals surface area contributed by atoms with Gasteiger partial charge in [-0.25, -0.2) is 9.78 Å². The number of esters is 1. The molecule has 0 spiro atoms. The predicted molar refractivity (Wildman–Crippen MR) is 108 cm³/mol. The summed E-state index contributed by atoms with van der Waals surface area (Å²) in [6.45, 7) is 0. The molecule has 0 aliphatic heterocycles. The fourth-order valence-electron chi connectivity index (χ4n) is 2.82. The molecule has 146 valence electrons. The highest BCUT2D eigenvalue weighted by Crippen LogP contribution is 2.27. The van der Waals surface area contributed by atoms with Gasteiger partial charge in [0.15, 0.2) is 5.82 Å². The lowest BCUT2D eigenvalue weighted by atomic mass is 10.1. The molecule has 1 aromatic carbocycles. The maximum Gasteiger partial charge on any atom is 0.339 e. The van der Waals surface area contributed by atoms with Gasteiger partial charge in [0.1, 0.15) is 5.69 Å². The summed E-state index contributed by atoms with van der Waals surface area (Å²) in [7, 11) is 2.99. The quantitative estimate of drug-likeness (QED) is 0.501. The molecule has 0 atom stereocenters. The summed E-state index contributed by atoms with van der Waals surface area (Å²) in [4.78, 5) is 32.9. The molecule has 0 saturated heterocycles. The molecule has 9 heteroatoms. The van der Waals surface area contributed by atoms with Crippen LogP contribution in [-0.2, 0) is 9.53 Å². The Bertz CT molecular complexity index is 924. The summed E-state index contributed by atoms with van der Waals surface area (Å²) >= 11 is 6.04. The number of carbonyl (C=O) groups is 2. The number of allylic oxidation sites excluding steroid dienone is 2. The van der Waals surface area contributed by atoms with Crippen molar-refractivity contribution in [3.8, 4) is 0 Å². The number of rotatable bonds is 6. The van der Waals surface area contributed by atoms with E-state index in [2.05, 4.69) is 25.9 Å². The largest absolute Gasteiger partial charge is 0.465 e. The Morgan fingerprint density at radius 2 is 1.96 bits per heavy atom. The van der Waals surface area contributed by atoms with Gasteiger partial charge in [-0.05, 0) is 31.0 Å². The van der Waals surface area contributed by atoms with Crippen molar-refractivity contribution >= 4 is 46.6 Å². The standard InChI is InChI=1S/C19H20ClN5O3/c1-21-16-15(23-17(26)11-5-3-4-6-11)10-22-19(25-16)24-14-9-12(20)7-8-13(14)18(27)28-2/h3-4,7-11H,5-6H2,1-2H3,(H,23,26)(H2,21,22,24,25). The molecule has 1 amide bonds. The van der Waals surface area contributed by atoms with E-state index >= 15 is 0 Å². The molecular formula is C19H20ClN5O3.